The van der Waals surface area contributed by atoms with Crippen molar-refractivity contribution < 1.29 is 0 Å². The molecule has 9 rings (SSSR count). The Morgan fingerprint density at radius 2 is 0.804 bits per heavy atom. The van der Waals surface area contributed by atoms with Crippen LogP contribution in [-0.4, -0.2) is 0 Å². The van der Waals surface area contributed by atoms with Crippen LogP contribution < -0.4 is 33.8 Å². The molecule has 222 valence electrons. The second kappa shape index (κ2) is 9.75. The van der Waals surface area contributed by atoms with Gasteiger partial charge in [-0.3, -0.25) is 9.59 Å². The second-order valence-corrected chi connectivity index (χ2v) is 15.3. The highest BCUT2D eigenvalue weighted by Gasteiger charge is 2.20. The first-order chi connectivity index (χ1) is 22.3. The van der Waals surface area contributed by atoms with Crippen molar-refractivity contribution in [3.63, 3.8) is 0 Å². The number of anilines is 4. The fourth-order valence-corrected chi connectivity index (χ4v) is 10.5. The zero-order valence-corrected chi connectivity index (χ0v) is 27.1. The second-order valence-electron chi connectivity index (χ2n) is 11.3. The zero-order valence-electron chi connectivity index (χ0n) is 23.8. The summed E-state index contributed by atoms with van der Waals surface area (Å²) in [6.07, 6.45) is 0. The van der Waals surface area contributed by atoms with Crippen LogP contribution in [0.4, 0.5) is 22.7 Å². The molecule has 0 radical (unpaired) electrons. The van der Waals surface area contributed by atoms with E-state index in [1.807, 2.05) is 83.6 Å². The van der Waals surface area contributed by atoms with E-state index in [1.54, 1.807) is 45.3 Å². The lowest BCUT2D eigenvalue weighted by molar-refractivity contribution is 1.75. The van der Waals surface area contributed by atoms with Crippen molar-refractivity contribution in [3.8, 4) is 40.4 Å². The van der Waals surface area contributed by atoms with E-state index in [0.717, 1.165) is 73.3 Å². The van der Waals surface area contributed by atoms with Crippen LogP contribution >= 0.6 is 45.3 Å². The van der Waals surface area contributed by atoms with Crippen LogP contribution in [0.5, 0.6) is 0 Å². The number of benzene rings is 3. The highest BCUT2D eigenvalue weighted by Crippen LogP contribution is 2.46. The molecule has 4 aromatic heterocycles. The summed E-state index contributed by atoms with van der Waals surface area (Å²) in [7, 11) is 0. The largest absolute Gasteiger partial charge is 0.398 e. The van der Waals surface area contributed by atoms with Crippen LogP contribution in [-0.2, 0) is 0 Å². The van der Waals surface area contributed by atoms with Gasteiger partial charge in [-0.15, -0.1) is 45.3 Å². The highest BCUT2D eigenvalue weighted by atomic mass is 32.1. The maximum absolute atomic E-state index is 13.8. The van der Waals surface area contributed by atoms with Gasteiger partial charge >= 0.3 is 0 Å². The maximum atomic E-state index is 13.8. The summed E-state index contributed by atoms with van der Waals surface area (Å²) in [5.74, 6) is 0. The molecule has 0 spiro atoms. The smallest absolute Gasteiger partial charge is 0.194 e. The summed E-state index contributed by atoms with van der Waals surface area (Å²) < 4.78 is 0. The molecule has 0 aliphatic rings. The van der Waals surface area contributed by atoms with Crippen molar-refractivity contribution in [3.05, 3.63) is 104 Å². The molecular formula is C36H22N4O2S4. The Morgan fingerprint density at radius 3 is 1.20 bits per heavy atom. The zero-order chi connectivity index (χ0) is 31.4. The number of hydrogen-bond acceptors (Lipinski definition) is 10. The predicted octanol–water partition coefficient (Wildman–Crippen LogP) is 9.14. The van der Waals surface area contributed by atoms with E-state index in [0.29, 0.717) is 32.9 Å². The number of hydrogen-bond donors (Lipinski definition) is 4. The van der Waals surface area contributed by atoms with E-state index in [2.05, 4.69) is 0 Å². The molecule has 0 aliphatic carbocycles. The summed E-state index contributed by atoms with van der Waals surface area (Å²) in [6.45, 7) is 0. The van der Waals surface area contributed by atoms with E-state index < -0.39 is 0 Å². The molecule has 0 fully saturated rings. The maximum Gasteiger partial charge on any atom is 0.194 e. The molecule has 10 heteroatoms. The Balaban J connectivity index is 1.17. The van der Waals surface area contributed by atoms with Crippen molar-refractivity contribution >= 4 is 111 Å². The summed E-state index contributed by atoms with van der Waals surface area (Å²) in [4.78, 5) is 33.5. The van der Waals surface area contributed by atoms with E-state index >= 15 is 0 Å². The summed E-state index contributed by atoms with van der Waals surface area (Å²) in [6, 6.07) is 23.1. The van der Waals surface area contributed by atoms with Crippen molar-refractivity contribution in [2.45, 2.75) is 0 Å². The quantitative estimate of drug-likeness (QED) is 0.147. The average molecular weight is 671 g/mol. The summed E-state index contributed by atoms with van der Waals surface area (Å²) in [5, 5.41) is 9.54. The third kappa shape index (κ3) is 3.85. The SMILES string of the molecule is Nc1cc(-c2sccc2N)sc1-c1ccc2c(c1)c(=O)c1cc3c(cc12)c(=O)c1cc(-c2sc(-c4sccc4N)cc2N)ccc13. The Morgan fingerprint density at radius 1 is 0.391 bits per heavy atom. The van der Waals surface area contributed by atoms with E-state index in [-0.39, 0.29) is 10.9 Å². The molecular weight excluding hydrogens is 649 g/mol. The van der Waals surface area contributed by atoms with Gasteiger partial charge in [0.25, 0.3) is 0 Å². The molecule has 6 nitrogen and oxygen atoms in total. The molecule has 9 aromatic rings. The molecule has 0 bridgehead atoms. The highest BCUT2D eigenvalue weighted by molar-refractivity contribution is 7.24. The molecule has 5 aromatic carbocycles. The summed E-state index contributed by atoms with van der Waals surface area (Å²) in [5.41, 5.74) is 29.6. The van der Waals surface area contributed by atoms with Gasteiger partial charge in [0.05, 0.1) is 42.3 Å². The fourth-order valence-electron chi connectivity index (χ4n) is 6.45. The number of fused-ring (bicyclic) bond motifs is 6. The van der Waals surface area contributed by atoms with E-state index in [4.69, 9.17) is 22.9 Å². The first-order valence-electron chi connectivity index (χ1n) is 14.3. The lowest BCUT2D eigenvalue weighted by Gasteiger charge is -2.01. The van der Waals surface area contributed by atoms with Gasteiger partial charge in [-0.25, -0.2) is 0 Å². The van der Waals surface area contributed by atoms with Crippen molar-refractivity contribution in [1.82, 2.24) is 0 Å². The Hall–Kier alpha value is -5.00. The van der Waals surface area contributed by atoms with Gasteiger partial charge in [-0.05, 0) is 92.0 Å². The van der Waals surface area contributed by atoms with Crippen LogP contribution in [0.1, 0.15) is 0 Å². The minimum Gasteiger partial charge on any atom is -0.398 e. The van der Waals surface area contributed by atoms with Gasteiger partial charge in [0.2, 0.25) is 0 Å². The van der Waals surface area contributed by atoms with Crippen LogP contribution in [0.2, 0.25) is 0 Å². The molecule has 46 heavy (non-hydrogen) atoms. The first-order valence-corrected chi connectivity index (χ1v) is 17.7. The van der Waals surface area contributed by atoms with E-state index in [1.165, 1.54) is 0 Å². The number of thiophene rings is 4. The monoisotopic (exact) mass is 670 g/mol. The molecule has 0 atom stereocenters. The normalized spacial score (nSPS) is 12.0. The van der Waals surface area contributed by atoms with Crippen LogP contribution in [0.15, 0.2) is 93.1 Å². The van der Waals surface area contributed by atoms with Gasteiger partial charge in [-0.2, -0.15) is 0 Å². The first kappa shape index (κ1) is 27.3. The van der Waals surface area contributed by atoms with Gasteiger partial charge in [0, 0.05) is 31.3 Å². The Kier molecular flexibility index (Phi) is 5.79. The minimum absolute atomic E-state index is 0.0586. The average Bonchev–Trinajstić information content (AvgIpc) is 3.90. The van der Waals surface area contributed by atoms with Gasteiger partial charge in [0.15, 0.2) is 10.9 Å². The molecule has 0 unspecified atom stereocenters. The summed E-state index contributed by atoms with van der Waals surface area (Å²) >= 11 is 6.28. The molecule has 4 heterocycles. The topological polar surface area (TPSA) is 138 Å². The number of rotatable bonds is 4. The molecule has 0 saturated heterocycles. The number of nitrogen functional groups attached to an aromatic ring is 4. The van der Waals surface area contributed by atoms with Crippen LogP contribution in [0.3, 0.4) is 0 Å². The standard InChI is InChI=1S/C36H22N4O2S4/c37-25-5-7-43-35(25)29-13-27(39)33(45-29)15-1-3-17-19-11-24-20(12-23(19)31(41)21(17)9-15)18-4-2-16(10-22(18)32(24)42)34-28(40)14-30(46-34)36-26(38)6-8-44-36/h1-14H,37-40H2. The van der Waals surface area contributed by atoms with Crippen LogP contribution in [0, 0.1) is 0 Å². The Bertz CT molecular complexity index is 2610. The fraction of sp³-hybridized carbons (Fsp3) is 0. The van der Waals surface area contributed by atoms with Gasteiger partial charge < -0.3 is 22.9 Å². The lowest BCUT2D eigenvalue weighted by Crippen LogP contribution is -1.95. The Labute approximate surface area is 277 Å². The van der Waals surface area contributed by atoms with Crippen molar-refractivity contribution in [2.75, 3.05) is 22.9 Å². The number of nitrogens with two attached hydrogens (primary N) is 4. The third-order valence-corrected chi connectivity index (χ3v) is 13.3. The third-order valence-electron chi connectivity index (χ3n) is 8.64. The molecule has 0 saturated carbocycles. The molecule has 8 N–H and O–H groups in total. The van der Waals surface area contributed by atoms with Crippen LogP contribution in [0.25, 0.3) is 83.5 Å². The molecule has 0 aliphatic heterocycles. The van der Waals surface area contributed by atoms with E-state index in [9.17, 15) is 9.59 Å². The lowest BCUT2D eigenvalue weighted by atomic mass is 10.1. The van der Waals surface area contributed by atoms with Crippen molar-refractivity contribution in [1.29, 1.82) is 0 Å². The minimum atomic E-state index is -0.0586. The molecule has 0 amide bonds. The van der Waals surface area contributed by atoms with Gasteiger partial charge in [0.1, 0.15) is 0 Å². The predicted molar refractivity (Wildman–Crippen MR) is 202 cm³/mol. The van der Waals surface area contributed by atoms with Gasteiger partial charge in [-0.1, -0.05) is 24.3 Å². The van der Waals surface area contributed by atoms with Crippen molar-refractivity contribution in [2.24, 2.45) is 0 Å².